The van der Waals surface area contributed by atoms with Gasteiger partial charge in [-0.05, 0) is 24.3 Å². The number of carbonyl (C=O) groups excluding carboxylic acids is 3. The molecule has 3 heterocycles. The van der Waals surface area contributed by atoms with Gasteiger partial charge < -0.3 is 10.1 Å². The average molecular weight is 398 g/mol. The number of nitrogens with zero attached hydrogens (tertiary/aromatic N) is 3. The van der Waals surface area contributed by atoms with Crippen molar-refractivity contribution in [3.05, 3.63) is 48.2 Å². The summed E-state index contributed by atoms with van der Waals surface area (Å²) < 4.78 is 28.7. The second kappa shape index (κ2) is 6.64. The molecule has 0 spiro atoms. The summed E-state index contributed by atoms with van der Waals surface area (Å²) in [6.07, 6.45) is 2.13. The highest BCUT2D eigenvalue weighted by Gasteiger charge is 2.45. The first-order valence-electron chi connectivity index (χ1n) is 8.39. The number of benzene rings is 1. The molecule has 2 aromatic rings. The normalized spacial score (nSPS) is 19.9. The zero-order valence-electron chi connectivity index (χ0n) is 14.4. The highest BCUT2D eigenvalue weighted by molar-refractivity contribution is 7.90. The van der Waals surface area contributed by atoms with Crippen molar-refractivity contribution in [3.8, 4) is 0 Å². The minimum Gasteiger partial charge on any atom is -0.341 e. The molecule has 4 rings (SSSR count). The average Bonchev–Trinajstić information content (AvgIpc) is 2.68. The number of ketones is 1. The van der Waals surface area contributed by atoms with Crippen molar-refractivity contribution in [2.24, 2.45) is 10.3 Å². The van der Waals surface area contributed by atoms with Crippen molar-refractivity contribution in [3.63, 3.8) is 0 Å². The van der Waals surface area contributed by atoms with Crippen molar-refractivity contribution in [2.75, 3.05) is 16.8 Å². The lowest BCUT2D eigenvalue weighted by atomic mass is 9.90. The number of aldehydes is 1. The summed E-state index contributed by atoms with van der Waals surface area (Å²) >= 11 is 0. The molecule has 0 saturated heterocycles. The predicted octanol–water partition coefficient (Wildman–Crippen LogP) is 1.03. The Labute approximate surface area is 160 Å². The predicted molar refractivity (Wildman–Crippen MR) is 99.8 cm³/mol. The van der Waals surface area contributed by atoms with Crippen LogP contribution in [-0.2, 0) is 19.6 Å². The largest absolute Gasteiger partial charge is 0.341 e. The van der Waals surface area contributed by atoms with E-state index in [2.05, 4.69) is 14.7 Å². The Kier molecular flexibility index (Phi) is 4.27. The zero-order valence-corrected chi connectivity index (χ0v) is 15.2. The van der Waals surface area contributed by atoms with Gasteiger partial charge in [0.2, 0.25) is 5.91 Å². The molecule has 2 aliphatic rings. The molecule has 28 heavy (non-hydrogen) atoms. The van der Waals surface area contributed by atoms with Gasteiger partial charge in [0.25, 0.3) is 10.0 Å². The summed E-state index contributed by atoms with van der Waals surface area (Å²) in [4.78, 5) is 42.1. The molecular formula is C18H14N4O5S. The number of anilines is 2. The van der Waals surface area contributed by atoms with E-state index in [1.165, 1.54) is 29.3 Å². The van der Waals surface area contributed by atoms with Crippen LogP contribution in [0.5, 0.6) is 0 Å². The molecule has 1 aromatic carbocycles. The van der Waals surface area contributed by atoms with Crippen LogP contribution in [0.1, 0.15) is 16.8 Å². The first-order chi connectivity index (χ1) is 13.4. The Hall–Kier alpha value is -3.40. The Morgan fingerprint density at radius 2 is 1.93 bits per heavy atom. The number of amides is 1. The van der Waals surface area contributed by atoms with Crippen LogP contribution >= 0.6 is 0 Å². The molecule has 1 aromatic heterocycles. The van der Waals surface area contributed by atoms with E-state index in [-0.39, 0.29) is 40.8 Å². The summed E-state index contributed by atoms with van der Waals surface area (Å²) in [6.45, 7) is 0.0206. The molecule has 0 radical (unpaired) electrons. The van der Waals surface area contributed by atoms with Gasteiger partial charge in [-0.1, -0.05) is 12.1 Å². The zero-order chi connectivity index (χ0) is 19.9. The SMILES string of the molecule is O=CCCN1C(=O)C(C2=NS(=O)(=O)c3ccccc3N2)C(=O)c2cccnc21. The maximum Gasteiger partial charge on any atom is 0.286 e. The number of fused-ring (bicyclic) bond motifs is 2. The van der Waals surface area contributed by atoms with Gasteiger partial charge in [-0.3, -0.25) is 14.5 Å². The van der Waals surface area contributed by atoms with Crippen LogP contribution in [0.25, 0.3) is 0 Å². The molecule has 1 unspecified atom stereocenters. The van der Waals surface area contributed by atoms with Gasteiger partial charge in [-0.15, -0.1) is 4.40 Å². The highest BCUT2D eigenvalue weighted by atomic mass is 32.2. The first kappa shape index (κ1) is 18.0. The molecule has 0 aliphatic carbocycles. The van der Waals surface area contributed by atoms with Gasteiger partial charge >= 0.3 is 0 Å². The molecule has 0 saturated carbocycles. The Morgan fingerprint density at radius 1 is 1.14 bits per heavy atom. The van der Waals surface area contributed by atoms with Gasteiger partial charge in [0.1, 0.15) is 22.8 Å². The van der Waals surface area contributed by atoms with Crippen LogP contribution < -0.4 is 10.2 Å². The fourth-order valence-electron chi connectivity index (χ4n) is 3.23. The third-order valence-electron chi connectivity index (χ3n) is 4.47. The van der Waals surface area contributed by atoms with E-state index in [0.717, 1.165) is 0 Å². The van der Waals surface area contributed by atoms with Gasteiger partial charge in [0, 0.05) is 19.2 Å². The van der Waals surface area contributed by atoms with Crippen LogP contribution in [-0.4, -0.2) is 43.8 Å². The number of para-hydroxylation sites is 1. The summed E-state index contributed by atoms with van der Waals surface area (Å²) in [5.74, 6) is -2.86. The van der Waals surface area contributed by atoms with Gasteiger partial charge in [0.15, 0.2) is 11.7 Å². The van der Waals surface area contributed by atoms with E-state index in [0.29, 0.717) is 6.29 Å². The van der Waals surface area contributed by atoms with Crippen LogP contribution in [0.2, 0.25) is 0 Å². The van der Waals surface area contributed by atoms with Crippen molar-refractivity contribution >= 4 is 45.3 Å². The van der Waals surface area contributed by atoms with Gasteiger partial charge in [-0.25, -0.2) is 4.98 Å². The van der Waals surface area contributed by atoms with Crippen molar-refractivity contribution in [1.82, 2.24) is 4.98 Å². The van der Waals surface area contributed by atoms with Gasteiger partial charge in [0.05, 0.1) is 11.3 Å². The Morgan fingerprint density at radius 3 is 2.71 bits per heavy atom. The quantitative estimate of drug-likeness (QED) is 0.602. The first-order valence-corrected chi connectivity index (χ1v) is 9.83. The van der Waals surface area contributed by atoms with E-state index in [1.54, 1.807) is 18.2 Å². The number of sulfonamides is 1. The molecule has 10 heteroatoms. The van der Waals surface area contributed by atoms with Crippen LogP contribution in [0.4, 0.5) is 11.5 Å². The minimum absolute atomic E-state index is 0.0206. The lowest BCUT2D eigenvalue weighted by molar-refractivity contribution is -0.119. The molecular weight excluding hydrogens is 384 g/mol. The maximum absolute atomic E-state index is 13.1. The molecule has 142 valence electrons. The number of nitrogens with one attached hydrogen (secondary N) is 1. The Bertz CT molecular complexity index is 1140. The monoisotopic (exact) mass is 398 g/mol. The molecule has 9 nitrogen and oxygen atoms in total. The second-order valence-electron chi connectivity index (χ2n) is 6.19. The number of pyridine rings is 1. The number of aromatic nitrogens is 1. The summed E-state index contributed by atoms with van der Waals surface area (Å²) in [6, 6.07) is 9.15. The summed E-state index contributed by atoms with van der Waals surface area (Å²) in [5.41, 5.74) is 0.406. The standard InChI is InChI=1S/C18H14N4O5S/c23-10-4-9-22-17-11(5-3-8-19-17)15(24)14(18(22)25)16-20-12-6-1-2-7-13(12)28(26,27)21-16/h1-3,5-8,10,14H,4,9H2,(H,20,21). The lowest BCUT2D eigenvalue weighted by Gasteiger charge is -2.33. The minimum atomic E-state index is -4.07. The number of hydrogen-bond acceptors (Lipinski definition) is 7. The van der Waals surface area contributed by atoms with Crippen molar-refractivity contribution in [1.29, 1.82) is 0 Å². The third kappa shape index (κ3) is 2.78. The third-order valence-corrected chi connectivity index (χ3v) is 5.82. The van der Waals surface area contributed by atoms with Crippen molar-refractivity contribution < 1.29 is 22.8 Å². The van der Waals surface area contributed by atoms with Crippen molar-refractivity contribution in [2.45, 2.75) is 11.3 Å². The highest BCUT2D eigenvalue weighted by Crippen LogP contribution is 2.33. The number of rotatable bonds is 4. The molecule has 1 atom stereocenters. The fraction of sp³-hybridized carbons (Fsp3) is 0.167. The smallest absolute Gasteiger partial charge is 0.286 e. The molecule has 0 bridgehead atoms. The maximum atomic E-state index is 13.1. The second-order valence-corrected chi connectivity index (χ2v) is 7.76. The van der Waals surface area contributed by atoms with Crippen LogP contribution in [0.3, 0.4) is 0 Å². The van der Waals surface area contributed by atoms with Crippen LogP contribution in [0.15, 0.2) is 51.9 Å². The number of amidine groups is 1. The van der Waals surface area contributed by atoms with E-state index in [1.807, 2.05) is 0 Å². The van der Waals surface area contributed by atoms with Crippen LogP contribution in [0, 0.1) is 5.92 Å². The van der Waals surface area contributed by atoms with E-state index in [4.69, 9.17) is 0 Å². The van der Waals surface area contributed by atoms with E-state index >= 15 is 0 Å². The topological polar surface area (TPSA) is 126 Å². The summed E-state index contributed by atoms with van der Waals surface area (Å²) in [7, 11) is -4.07. The van der Waals surface area contributed by atoms with E-state index in [9.17, 15) is 22.8 Å². The molecule has 0 fully saturated rings. The van der Waals surface area contributed by atoms with Gasteiger partial charge in [-0.2, -0.15) is 8.42 Å². The molecule has 1 amide bonds. The number of hydrogen-bond donors (Lipinski definition) is 1. The molecule has 1 N–H and O–H groups in total. The lowest BCUT2D eigenvalue weighted by Crippen LogP contribution is -2.51. The number of Topliss-reactive ketones (excluding diaryl/α,β-unsaturated/α-hetero) is 1. The Balaban J connectivity index is 1.82. The number of carbonyl (C=O) groups is 3. The van der Waals surface area contributed by atoms with E-state index < -0.39 is 27.6 Å². The fourth-order valence-corrected chi connectivity index (χ4v) is 4.39. The molecule has 2 aliphatic heterocycles. The summed E-state index contributed by atoms with van der Waals surface area (Å²) in [5, 5.41) is 2.80.